The Labute approximate surface area is 123 Å². The van der Waals surface area contributed by atoms with Gasteiger partial charge in [-0.25, -0.2) is 4.79 Å². The average Bonchev–Trinajstić information content (AvgIpc) is 2.37. The molecule has 20 heavy (non-hydrogen) atoms. The van der Waals surface area contributed by atoms with Crippen molar-refractivity contribution in [3.63, 3.8) is 0 Å². The van der Waals surface area contributed by atoms with Crippen LogP contribution in [0.3, 0.4) is 0 Å². The lowest BCUT2D eigenvalue weighted by Gasteiger charge is -2.19. The Hall–Kier alpha value is -1.75. The predicted molar refractivity (Wildman–Crippen MR) is 77.7 cm³/mol. The summed E-state index contributed by atoms with van der Waals surface area (Å²) in [5.41, 5.74) is 0.977. The van der Waals surface area contributed by atoms with Crippen LogP contribution in [0.2, 0.25) is 5.02 Å². The van der Waals surface area contributed by atoms with E-state index in [1.165, 1.54) is 4.90 Å². The van der Waals surface area contributed by atoms with Gasteiger partial charge in [0, 0.05) is 31.6 Å². The minimum Gasteiger partial charge on any atom is -0.481 e. The first-order chi connectivity index (χ1) is 9.38. The first kappa shape index (κ1) is 16.3. The van der Waals surface area contributed by atoms with Gasteiger partial charge in [-0.1, -0.05) is 30.7 Å². The highest BCUT2D eigenvalue weighted by molar-refractivity contribution is 6.30. The smallest absolute Gasteiger partial charge is 0.317 e. The van der Waals surface area contributed by atoms with Gasteiger partial charge in [-0.3, -0.25) is 4.79 Å². The van der Waals surface area contributed by atoms with Crippen molar-refractivity contribution in [2.45, 2.75) is 19.9 Å². The standard InChI is InChI=1S/C14H19ClN2O3/c1-10(7-13(18)19)8-16-14(20)17(2)9-11-3-5-12(15)6-4-11/h3-6,10H,7-9H2,1-2H3,(H,16,20)(H,18,19). The van der Waals surface area contributed by atoms with Crippen molar-refractivity contribution >= 4 is 23.6 Å². The molecule has 0 spiro atoms. The predicted octanol–water partition coefficient (Wildman–Crippen LogP) is 2.59. The molecule has 0 radical (unpaired) electrons. The van der Waals surface area contributed by atoms with Crippen LogP contribution >= 0.6 is 11.6 Å². The summed E-state index contributed by atoms with van der Waals surface area (Å²) in [5, 5.41) is 12.0. The van der Waals surface area contributed by atoms with Gasteiger partial charge in [-0.15, -0.1) is 0 Å². The highest BCUT2D eigenvalue weighted by atomic mass is 35.5. The number of rotatable bonds is 6. The van der Waals surface area contributed by atoms with Crippen LogP contribution in [0.4, 0.5) is 4.79 Å². The summed E-state index contributed by atoms with van der Waals surface area (Å²) < 4.78 is 0. The van der Waals surface area contributed by atoms with Gasteiger partial charge in [0.2, 0.25) is 0 Å². The van der Waals surface area contributed by atoms with Crippen molar-refractivity contribution in [3.05, 3.63) is 34.9 Å². The number of urea groups is 1. The number of nitrogens with one attached hydrogen (secondary N) is 1. The Morgan fingerprint density at radius 2 is 1.95 bits per heavy atom. The summed E-state index contributed by atoms with van der Waals surface area (Å²) in [4.78, 5) is 23.9. The third-order valence-corrected chi connectivity index (χ3v) is 3.06. The number of halogens is 1. The number of hydrogen-bond acceptors (Lipinski definition) is 2. The van der Waals surface area contributed by atoms with Gasteiger partial charge in [0.15, 0.2) is 0 Å². The Kier molecular flexibility index (Phi) is 6.31. The number of hydrogen-bond donors (Lipinski definition) is 2. The molecular formula is C14H19ClN2O3. The molecule has 1 unspecified atom stereocenters. The van der Waals surface area contributed by atoms with Gasteiger partial charge < -0.3 is 15.3 Å². The SMILES string of the molecule is CC(CNC(=O)N(C)Cc1ccc(Cl)cc1)CC(=O)O. The third-order valence-electron chi connectivity index (χ3n) is 2.80. The second-order valence-corrected chi connectivity index (χ2v) is 5.31. The van der Waals surface area contributed by atoms with E-state index >= 15 is 0 Å². The highest BCUT2D eigenvalue weighted by Gasteiger charge is 2.12. The topological polar surface area (TPSA) is 69.6 Å². The maximum absolute atomic E-state index is 11.8. The summed E-state index contributed by atoms with van der Waals surface area (Å²) in [6, 6.07) is 7.05. The van der Waals surface area contributed by atoms with Gasteiger partial charge in [0.05, 0.1) is 0 Å². The number of amides is 2. The first-order valence-corrected chi connectivity index (χ1v) is 6.71. The van der Waals surface area contributed by atoms with Crippen molar-refractivity contribution in [2.24, 2.45) is 5.92 Å². The Bertz CT molecular complexity index is 462. The van der Waals surface area contributed by atoms with Crippen LogP contribution in [0.15, 0.2) is 24.3 Å². The molecule has 0 fully saturated rings. The zero-order chi connectivity index (χ0) is 15.1. The lowest BCUT2D eigenvalue weighted by Crippen LogP contribution is -2.39. The molecule has 1 rings (SSSR count). The normalized spacial score (nSPS) is 11.8. The second-order valence-electron chi connectivity index (χ2n) is 4.87. The molecular weight excluding hydrogens is 280 g/mol. The molecule has 6 heteroatoms. The molecule has 1 aromatic rings. The van der Waals surface area contributed by atoms with Crippen LogP contribution in [-0.2, 0) is 11.3 Å². The van der Waals surface area contributed by atoms with Crippen molar-refractivity contribution < 1.29 is 14.7 Å². The monoisotopic (exact) mass is 298 g/mol. The first-order valence-electron chi connectivity index (χ1n) is 6.33. The maximum atomic E-state index is 11.8. The van der Waals surface area contributed by atoms with E-state index < -0.39 is 5.97 Å². The fourth-order valence-corrected chi connectivity index (χ4v) is 1.83. The molecule has 0 aliphatic carbocycles. The lowest BCUT2D eigenvalue weighted by atomic mass is 10.1. The molecule has 2 N–H and O–H groups in total. The van der Waals surface area contributed by atoms with E-state index in [4.69, 9.17) is 16.7 Å². The van der Waals surface area contributed by atoms with E-state index in [1.807, 2.05) is 12.1 Å². The summed E-state index contributed by atoms with van der Waals surface area (Å²) in [5.74, 6) is -0.957. The number of aliphatic carboxylic acids is 1. The quantitative estimate of drug-likeness (QED) is 0.848. The molecule has 0 bridgehead atoms. The molecule has 0 heterocycles. The van der Waals surface area contributed by atoms with Gasteiger partial charge in [-0.05, 0) is 23.6 Å². The Morgan fingerprint density at radius 3 is 2.50 bits per heavy atom. The lowest BCUT2D eigenvalue weighted by molar-refractivity contribution is -0.137. The van der Waals surface area contributed by atoms with E-state index in [0.29, 0.717) is 18.1 Å². The molecule has 0 aromatic heterocycles. The van der Waals surface area contributed by atoms with Crippen molar-refractivity contribution in [1.82, 2.24) is 10.2 Å². The maximum Gasteiger partial charge on any atom is 0.317 e. The number of carboxylic acid groups (broad SMARTS) is 1. The fraction of sp³-hybridized carbons (Fsp3) is 0.429. The van der Waals surface area contributed by atoms with Crippen LogP contribution in [0, 0.1) is 5.92 Å². The number of carbonyl (C=O) groups excluding carboxylic acids is 1. The van der Waals surface area contributed by atoms with E-state index in [-0.39, 0.29) is 18.4 Å². The molecule has 5 nitrogen and oxygen atoms in total. The van der Waals surface area contributed by atoms with Crippen molar-refractivity contribution in [3.8, 4) is 0 Å². The number of carbonyl (C=O) groups is 2. The van der Waals surface area contributed by atoms with Crippen LogP contribution in [0.25, 0.3) is 0 Å². The molecule has 0 saturated carbocycles. The Balaban J connectivity index is 2.39. The van der Waals surface area contributed by atoms with Crippen LogP contribution in [-0.4, -0.2) is 35.6 Å². The minimum absolute atomic E-state index is 0.0428. The van der Waals surface area contributed by atoms with Crippen molar-refractivity contribution in [2.75, 3.05) is 13.6 Å². The summed E-state index contributed by atoms with van der Waals surface area (Å²) in [6.45, 7) is 2.60. The summed E-state index contributed by atoms with van der Waals surface area (Å²) in [7, 11) is 1.69. The van der Waals surface area contributed by atoms with Gasteiger partial charge in [0.25, 0.3) is 0 Å². The van der Waals surface area contributed by atoms with E-state index in [2.05, 4.69) is 5.32 Å². The molecule has 0 aliphatic heterocycles. The minimum atomic E-state index is -0.860. The Morgan fingerprint density at radius 1 is 1.35 bits per heavy atom. The molecule has 1 atom stereocenters. The number of carboxylic acids is 1. The van der Waals surface area contributed by atoms with Gasteiger partial charge >= 0.3 is 12.0 Å². The van der Waals surface area contributed by atoms with Crippen LogP contribution < -0.4 is 5.32 Å². The molecule has 0 saturated heterocycles. The van der Waals surface area contributed by atoms with Gasteiger partial charge in [0.1, 0.15) is 0 Å². The second kappa shape index (κ2) is 7.75. The molecule has 110 valence electrons. The number of benzene rings is 1. The molecule has 1 aromatic carbocycles. The van der Waals surface area contributed by atoms with Gasteiger partial charge in [-0.2, -0.15) is 0 Å². The fourth-order valence-electron chi connectivity index (χ4n) is 1.70. The summed E-state index contributed by atoms with van der Waals surface area (Å²) in [6.07, 6.45) is 0.0428. The van der Waals surface area contributed by atoms with E-state index in [0.717, 1.165) is 5.56 Å². The van der Waals surface area contributed by atoms with Crippen molar-refractivity contribution in [1.29, 1.82) is 0 Å². The van der Waals surface area contributed by atoms with Crippen LogP contribution in [0.5, 0.6) is 0 Å². The number of nitrogens with zero attached hydrogens (tertiary/aromatic N) is 1. The van der Waals surface area contributed by atoms with Crippen LogP contribution in [0.1, 0.15) is 18.9 Å². The average molecular weight is 299 g/mol. The zero-order valence-corrected chi connectivity index (χ0v) is 12.4. The van der Waals surface area contributed by atoms with E-state index in [1.54, 1.807) is 26.1 Å². The largest absolute Gasteiger partial charge is 0.481 e. The zero-order valence-electron chi connectivity index (χ0n) is 11.6. The third kappa shape index (κ3) is 5.93. The molecule has 0 aliphatic rings. The molecule has 2 amide bonds. The summed E-state index contributed by atoms with van der Waals surface area (Å²) >= 11 is 5.80. The van der Waals surface area contributed by atoms with E-state index in [9.17, 15) is 9.59 Å². The highest BCUT2D eigenvalue weighted by Crippen LogP contribution is 2.11.